The van der Waals surface area contributed by atoms with Gasteiger partial charge in [0.05, 0.1) is 11.9 Å². The van der Waals surface area contributed by atoms with E-state index in [-0.39, 0.29) is 5.69 Å². The first-order valence-electron chi connectivity index (χ1n) is 5.18. The molecule has 0 atom stereocenters. The van der Waals surface area contributed by atoms with Gasteiger partial charge in [-0.25, -0.2) is 4.98 Å². The quantitative estimate of drug-likeness (QED) is 0.737. The molecule has 94 valence electrons. The van der Waals surface area contributed by atoms with Gasteiger partial charge in [-0.2, -0.15) is 17.1 Å². The lowest BCUT2D eigenvalue weighted by atomic mass is 10.4. The lowest BCUT2D eigenvalue weighted by Gasteiger charge is -2.26. The van der Waals surface area contributed by atoms with Crippen molar-refractivity contribution in [3.8, 4) is 0 Å². The molecule has 6 nitrogen and oxygen atoms in total. The predicted octanol–water partition coefficient (Wildman–Crippen LogP) is -0.217. The maximum Gasteiger partial charge on any atom is 0.301 e. The number of hydrogen-bond acceptors (Lipinski definition) is 4. The van der Waals surface area contributed by atoms with Crippen molar-refractivity contribution in [3.63, 3.8) is 0 Å². The van der Waals surface area contributed by atoms with Crippen molar-refractivity contribution in [2.75, 3.05) is 30.9 Å². The molecule has 0 amide bonds. The smallest absolute Gasteiger partial charge is 0.301 e. The summed E-state index contributed by atoms with van der Waals surface area (Å²) in [6, 6.07) is 2.44. The van der Waals surface area contributed by atoms with Gasteiger partial charge >= 0.3 is 10.2 Å². The Hall–Kier alpha value is -1.25. The molecule has 1 aliphatic rings. The number of rotatable bonds is 3. The number of aromatic nitrogens is 1. The minimum absolute atomic E-state index is 0.255. The molecule has 2 heterocycles. The Bertz CT molecular complexity index is 470. The van der Waals surface area contributed by atoms with Gasteiger partial charge in [0.25, 0.3) is 0 Å². The first-order chi connectivity index (χ1) is 8.08. The van der Waals surface area contributed by atoms with Crippen molar-refractivity contribution in [1.29, 1.82) is 0 Å². The van der Waals surface area contributed by atoms with Crippen LogP contribution in [0.2, 0.25) is 0 Å². The SMILES string of the molecule is O=S(=O)(Nc1ccc(F)nc1)N1CCNCC1. The molecule has 0 unspecified atom stereocenters. The molecule has 1 aromatic heterocycles. The van der Waals surface area contributed by atoms with Crippen LogP contribution in [0.5, 0.6) is 0 Å². The van der Waals surface area contributed by atoms with Crippen molar-refractivity contribution >= 4 is 15.9 Å². The molecule has 17 heavy (non-hydrogen) atoms. The van der Waals surface area contributed by atoms with Crippen LogP contribution in [0.4, 0.5) is 10.1 Å². The fraction of sp³-hybridized carbons (Fsp3) is 0.444. The second-order valence-corrected chi connectivity index (χ2v) is 5.30. The molecule has 0 bridgehead atoms. The third-order valence-electron chi connectivity index (χ3n) is 2.39. The van der Waals surface area contributed by atoms with Crippen LogP contribution in [-0.2, 0) is 10.2 Å². The molecule has 2 N–H and O–H groups in total. The van der Waals surface area contributed by atoms with Gasteiger partial charge in [0.1, 0.15) is 0 Å². The molecule has 1 aliphatic heterocycles. The molecule has 0 spiro atoms. The van der Waals surface area contributed by atoms with Gasteiger partial charge in [0.2, 0.25) is 5.95 Å². The van der Waals surface area contributed by atoms with Crippen molar-refractivity contribution in [1.82, 2.24) is 14.6 Å². The Kier molecular flexibility index (Phi) is 3.55. The van der Waals surface area contributed by atoms with E-state index in [1.165, 1.54) is 10.4 Å². The second-order valence-electron chi connectivity index (χ2n) is 3.63. The molecule has 8 heteroatoms. The van der Waals surface area contributed by atoms with Crippen molar-refractivity contribution in [2.24, 2.45) is 0 Å². The number of anilines is 1. The molecular weight excluding hydrogens is 247 g/mol. The van der Waals surface area contributed by atoms with Gasteiger partial charge in [0.15, 0.2) is 0 Å². The van der Waals surface area contributed by atoms with Gasteiger partial charge < -0.3 is 5.32 Å². The minimum atomic E-state index is -3.57. The van der Waals surface area contributed by atoms with Gasteiger partial charge in [-0.1, -0.05) is 0 Å². The van der Waals surface area contributed by atoms with Crippen LogP contribution in [0.15, 0.2) is 18.3 Å². The van der Waals surface area contributed by atoms with Crippen LogP contribution in [0.3, 0.4) is 0 Å². The van der Waals surface area contributed by atoms with Crippen molar-refractivity contribution < 1.29 is 12.8 Å². The fourth-order valence-corrected chi connectivity index (χ4v) is 2.75. The Morgan fingerprint density at radius 3 is 2.65 bits per heavy atom. The first-order valence-corrected chi connectivity index (χ1v) is 6.62. The van der Waals surface area contributed by atoms with E-state index >= 15 is 0 Å². The average Bonchev–Trinajstić information content (AvgIpc) is 2.33. The van der Waals surface area contributed by atoms with Gasteiger partial charge in [-0.05, 0) is 12.1 Å². The highest BCUT2D eigenvalue weighted by Gasteiger charge is 2.23. The van der Waals surface area contributed by atoms with Crippen LogP contribution >= 0.6 is 0 Å². The van der Waals surface area contributed by atoms with E-state index in [0.717, 1.165) is 12.3 Å². The zero-order chi connectivity index (χ0) is 12.3. The summed E-state index contributed by atoms with van der Waals surface area (Å²) in [6.45, 7) is 2.10. The third-order valence-corrected chi connectivity index (χ3v) is 3.93. The molecule has 2 rings (SSSR count). The lowest BCUT2D eigenvalue weighted by Crippen LogP contribution is -2.48. The summed E-state index contributed by atoms with van der Waals surface area (Å²) in [6.07, 6.45) is 1.15. The summed E-state index contributed by atoms with van der Waals surface area (Å²) in [5, 5.41) is 3.06. The highest BCUT2D eigenvalue weighted by molar-refractivity contribution is 7.90. The first kappa shape index (κ1) is 12.2. The maximum absolute atomic E-state index is 12.6. The summed E-state index contributed by atoms with van der Waals surface area (Å²) in [5.41, 5.74) is 0.255. The molecule has 1 aromatic rings. The number of hydrogen-bond donors (Lipinski definition) is 2. The van der Waals surface area contributed by atoms with Gasteiger partial charge in [-0.15, -0.1) is 0 Å². The largest absolute Gasteiger partial charge is 0.314 e. The lowest BCUT2D eigenvalue weighted by molar-refractivity contribution is 0.362. The Morgan fingerprint density at radius 1 is 1.35 bits per heavy atom. The van der Waals surface area contributed by atoms with E-state index < -0.39 is 16.2 Å². The Labute approximate surface area is 99.0 Å². The van der Waals surface area contributed by atoms with Crippen LogP contribution < -0.4 is 10.0 Å². The van der Waals surface area contributed by atoms with E-state index in [4.69, 9.17) is 0 Å². The Morgan fingerprint density at radius 2 is 2.06 bits per heavy atom. The molecule has 0 aliphatic carbocycles. The average molecular weight is 260 g/mol. The van der Waals surface area contributed by atoms with Crippen LogP contribution in [0.1, 0.15) is 0 Å². The molecular formula is C9H13FN4O2S. The van der Waals surface area contributed by atoms with E-state index in [9.17, 15) is 12.8 Å². The van der Waals surface area contributed by atoms with E-state index in [2.05, 4.69) is 15.0 Å². The van der Waals surface area contributed by atoms with E-state index in [1.54, 1.807) is 0 Å². The second kappa shape index (κ2) is 4.94. The molecule has 0 radical (unpaired) electrons. The number of pyridine rings is 1. The standard InChI is InChI=1S/C9H13FN4O2S/c10-9-2-1-8(7-12-9)13-17(15,16)14-5-3-11-4-6-14/h1-2,7,11,13H,3-6H2. The molecule has 0 aromatic carbocycles. The zero-order valence-electron chi connectivity index (χ0n) is 9.06. The normalized spacial score (nSPS) is 17.9. The van der Waals surface area contributed by atoms with E-state index in [0.29, 0.717) is 26.2 Å². The molecule has 0 saturated carbocycles. The number of halogens is 1. The summed E-state index contributed by atoms with van der Waals surface area (Å²) >= 11 is 0. The zero-order valence-corrected chi connectivity index (χ0v) is 9.87. The van der Waals surface area contributed by atoms with Gasteiger partial charge in [0, 0.05) is 26.2 Å². The number of piperazine rings is 1. The van der Waals surface area contributed by atoms with Gasteiger partial charge in [-0.3, -0.25) is 4.72 Å². The summed E-state index contributed by atoms with van der Waals surface area (Å²) < 4.78 is 40.1. The van der Waals surface area contributed by atoms with Crippen LogP contribution in [0.25, 0.3) is 0 Å². The number of nitrogens with zero attached hydrogens (tertiary/aromatic N) is 2. The third kappa shape index (κ3) is 3.11. The number of nitrogens with one attached hydrogen (secondary N) is 2. The monoisotopic (exact) mass is 260 g/mol. The van der Waals surface area contributed by atoms with E-state index in [1.807, 2.05) is 0 Å². The minimum Gasteiger partial charge on any atom is -0.314 e. The fourth-order valence-electron chi connectivity index (χ4n) is 1.53. The summed E-state index contributed by atoms with van der Waals surface area (Å²) in [7, 11) is -3.57. The maximum atomic E-state index is 12.6. The summed E-state index contributed by atoms with van der Waals surface area (Å²) in [5.74, 6) is -0.643. The Balaban J connectivity index is 2.08. The van der Waals surface area contributed by atoms with Crippen LogP contribution in [-0.4, -0.2) is 43.9 Å². The molecule has 1 fully saturated rings. The highest BCUT2D eigenvalue weighted by atomic mass is 32.2. The predicted molar refractivity (Wildman–Crippen MR) is 61.2 cm³/mol. The van der Waals surface area contributed by atoms with Crippen molar-refractivity contribution in [2.45, 2.75) is 0 Å². The summed E-state index contributed by atoms with van der Waals surface area (Å²) in [4.78, 5) is 3.38. The molecule has 1 saturated heterocycles. The highest BCUT2D eigenvalue weighted by Crippen LogP contribution is 2.11. The topological polar surface area (TPSA) is 74.3 Å². The van der Waals surface area contributed by atoms with Crippen LogP contribution in [0, 0.1) is 5.95 Å². The van der Waals surface area contributed by atoms with Crippen molar-refractivity contribution in [3.05, 3.63) is 24.3 Å².